The molecule has 1 N–H and O–H groups in total. The van der Waals surface area contributed by atoms with Crippen molar-refractivity contribution in [3.05, 3.63) is 0 Å². The lowest BCUT2D eigenvalue weighted by Gasteiger charge is -2.16. The average Bonchev–Trinajstić information content (AvgIpc) is 2.22. The van der Waals surface area contributed by atoms with Crippen LogP contribution in [0.2, 0.25) is 0 Å². The summed E-state index contributed by atoms with van der Waals surface area (Å²) in [5.74, 6) is 0.863. The maximum atomic E-state index is 11.5. The van der Waals surface area contributed by atoms with Crippen LogP contribution in [0, 0.1) is 0 Å². The highest BCUT2D eigenvalue weighted by molar-refractivity contribution is 7.85. The molecule has 0 amide bonds. The molecule has 0 aliphatic rings. The minimum Gasteiger partial charge on any atom is -0.314 e. The van der Waals surface area contributed by atoms with Gasteiger partial charge in [-0.3, -0.25) is 4.21 Å². The first-order valence-corrected chi connectivity index (χ1v) is 7.60. The largest absolute Gasteiger partial charge is 0.314 e. The lowest BCUT2D eigenvalue weighted by Crippen LogP contribution is -2.29. The van der Waals surface area contributed by atoms with Crippen molar-refractivity contribution < 1.29 is 4.21 Å². The summed E-state index contributed by atoms with van der Waals surface area (Å²) in [6, 6.07) is 0.620. The van der Waals surface area contributed by atoms with Crippen LogP contribution in [0.3, 0.4) is 0 Å². The zero-order valence-electron chi connectivity index (χ0n) is 10.7. The van der Waals surface area contributed by atoms with E-state index < -0.39 is 10.8 Å². The molecule has 0 fully saturated rings. The maximum absolute atomic E-state index is 11.5. The molecule has 92 valence electrons. The Bertz CT molecular complexity index is 171. The molecule has 0 aliphatic carbocycles. The molecule has 3 heteroatoms. The lowest BCUT2D eigenvalue weighted by molar-refractivity contribution is 0.464. The third kappa shape index (κ3) is 7.97. The summed E-state index contributed by atoms with van der Waals surface area (Å²) in [6.45, 7) is 9.57. The molecule has 2 nitrogen and oxygen atoms in total. The molecule has 0 aromatic rings. The van der Waals surface area contributed by atoms with Crippen molar-refractivity contribution in [1.82, 2.24) is 5.32 Å². The minimum absolute atomic E-state index is 0.314. The number of hydrogen-bond acceptors (Lipinski definition) is 2. The van der Waals surface area contributed by atoms with Crippen molar-refractivity contribution in [2.24, 2.45) is 0 Å². The van der Waals surface area contributed by atoms with Gasteiger partial charge < -0.3 is 5.32 Å². The summed E-state index contributed by atoms with van der Waals surface area (Å²) < 4.78 is 11.5. The predicted octanol–water partition coefficient (Wildman–Crippen LogP) is 2.70. The Kier molecular flexibility index (Phi) is 9.41. The smallest absolute Gasteiger partial charge is 0.0291 e. The Morgan fingerprint density at radius 3 is 2.40 bits per heavy atom. The molecule has 0 spiro atoms. The highest BCUT2D eigenvalue weighted by atomic mass is 32.2. The second-order valence-electron chi connectivity index (χ2n) is 4.34. The van der Waals surface area contributed by atoms with Gasteiger partial charge in [-0.1, -0.05) is 27.7 Å². The number of hydrogen-bond donors (Lipinski definition) is 1. The van der Waals surface area contributed by atoms with Gasteiger partial charge in [0.2, 0.25) is 0 Å². The van der Waals surface area contributed by atoms with Crippen molar-refractivity contribution >= 4 is 10.8 Å². The first kappa shape index (κ1) is 15.1. The highest BCUT2D eigenvalue weighted by Crippen LogP contribution is 2.05. The molecule has 0 radical (unpaired) electrons. The number of nitrogens with one attached hydrogen (secondary N) is 1. The van der Waals surface area contributed by atoms with Gasteiger partial charge in [0.15, 0.2) is 0 Å². The van der Waals surface area contributed by atoms with Crippen LogP contribution in [0.4, 0.5) is 0 Å². The highest BCUT2D eigenvalue weighted by Gasteiger charge is 2.08. The molecule has 0 bridgehead atoms. The third-order valence-corrected chi connectivity index (χ3v) is 4.34. The Hall–Kier alpha value is 0.110. The van der Waals surface area contributed by atoms with Crippen LogP contribution in [-0.4, -0.2) is 27.8 Å². The topological polar surface area (TPSA) is 29.1 Å². The summed E-state index contributed by atoms with van der Waals surface area (Å²) in [6.07, 6.45) is 4.61. The Balaban J connectivity index is 3.58. The molecule has 0 saturated heterocycles. The zero-order chi connectivity index (χ0) is 11.7. The molecule has 0 aromatic carbocycles. The van der Waals surface area contributed by atoms with Gasteiger partial charge in [-0.15, -0.1) is 0 Å². The summed E-state index contributed by atoms with van der Waals surface area (Å²) in [7, 11) is -0.624. The van der Waals surface area contributed by atoms with E-state index in [1.54, 1.807) is 0 Å². The quantitative estimate of drug-likeness (QED) is 0.663. The monoisotopic (exact) mass is 233 g/mol. The lowest BCUT2D eigenvalue weighted by atomic mass is 10.1. The van der Waals surface area contributed by atoms with Crippen LogP contribution in [0.15, 0.2) is 0 Å². The van der Waals surface area contributed by atoms with Crippen molar-refractivity contribution in [3.8, 4) is 0 Å². The molecule has 0 rings (SSSR count). The van der Waals surface area contributed by atoms with Crippen molar-refractivity contribution in [3.63, 3.8) is 0 Å². The van der Waals surface area contributed by atoms with E-state index in [0.29, 0.717) is 11.3 Å². The fourth-order valence-electron chi connectivity index (χ4n) is 1.51. The Labute approximate surface area is 97.7 Å². The summed E-state index contributed by atoms with van der Waals surface area (Å²) >= 11 is 0. The van der Waals surface area contributed by atoms with Gasteiger partial charge >= 0.3 is 0 Å². The summed E-state index contributed by atoms with van der Waals surface area (Å²) in [5, 5.41) is 3.84. The van der Waals surface area contributed by atoms with Gasteiger partial charge in [0.25, 0.3) is 0 Å². The normalized spacial score (nSPS) is 15.5. The van der Waals surface area contributed by atoms with Crippen molar-refractivity contribution in [2.75, 3.05) is 12.3 Å². The second kappa shape index (κ2) is 9.34. The molecule has 0 heterocycles. The molecule has 0 aromatic heterocycles. The van der Waals surface area contributed by atoms with Crippen LogP contribution >= 0.6 is 0 Å². The minimum atomic E-state index is -0.624. The van der Waals surface area contributed by atoms with E-state index >= 15 is 0 Å². The van der Waals surface area contributed by atoms with Gasteiger partial charge in [-0.2, -0.15) is 0 Å². The van der Waals surface area contributed by atoms with Gasteiger partial charge in [-0.05, 0) is 32.2 Å². The molecular weight excluding hydrogens is 206 g/mol. The summed E-state index contributed by atoms with van der Waals surface area (Å²) in [4.78, 5) is 0. The Morgan fingerprint density at radius 2 is 1.93 bits per heavy atom. The van der Waals surface area contributed by atoms with Gasteiger partial charge in [0.05, 0.1) is 0 Å². The average molecular weight is 233 g/mol. The van der Waals surface area contributed by atoms with E-state index in [0.717, 1.165) is 25.1 Å². The molecule has 2 unspecified atom stereocenters. The molecule has 0 aliphatic heterocycles. The molecule has 2 atom stereocenters. The molecule has 15 heavy (non-hydrogen) atoms. The van der Waals surface area contributed by atoms with E-state index in [1.807, 2.05) is 13.8 Å². The number of rotatable bonds is 9. The van der Waals surface area contributed by atoms with Crippen molar-refractivity contribution in [1.29, 1.82) is 0 Å². The standard InChI is InChI=1S/C12H27NOS/c1-5-9-13-12(6-2)8-7-10-15(14)11(3)4/h11-13H,5-10H2,1-4H3. The van der Waals surface area contributed by atoms with E-state index in [9.17, 15) is 4.21 Å². The summed E-state index contributed by atoms with van der Waals surface area (Å²) in [5.41, 5.74) is 0. The van der Waals surface area contributed by atoms with Crippen LogP contribution in [0.25, 0.3) is 0 Å². The van der Waals surface area contributed by atoms with E-state index in [2.05, 4.69) is 19.2 Å². The van der Waals surface area contributed by atoms with Crippen LogP contribution in [0.5, 0.6) is 0 Å². The van der Waals surface area contributed by atoms with E-state index in [4.69, 9.17) is 0 Å². The maximum Gasteiger partial charge on any atom is 0.0291 e. The second-order valence-corrected chi connectivity index (χ2v) is 6.45. The molecule has 0 saturated carbocycles. The fourth-order valence-corrected chi connectivity index (χ4v) is 2.43. The first-order valence-electron chi connectivity index (χ1n) is 6.22. The Morgan fingerprint density at radius 1 is 1.27 bits per heavy atom. The van der Waals surface area contributed by atoms with Crippen molar-refractivity contribution in [2.45, 2.75) is 64.7 Å². The fraction of sp³-hybridized carbons (Fsp3) is 1.00. The van der Waals surface area contributed by atoms with Gasteiger partial charge in [0.1, 0.15) is 0 Å². The van der Waals surface area contributed by atoms with E-state index in [1.165, 1.54) is 12.8 Å². The third-order valence-electron chi connectivity index (χ3n) is 2.60. The predicted molar refractivity (Wildman–Crippen MR) is 69.8 cm³/mol. The van der Waals surface area contributed by atoms with Gasteiger partial charge in [-0.25, -0.2) is 0 Å². The zero-order valence-corrected chi connectivity index (χ0v) is 11.5. The van der Waals surface area contributed by atoms with Crippen LogP contribution < -0.4 is 5.32 Å². The van der Waals surface area contributed by atoms with E-state index in [-0.39, 0.29) is 0 Å². The van der Waals surface area contributed by atoms with Gasteiger partial charge in [0, 0.05) is 27.8 Å². The first-order chi connectivity index (χ1) is 7.11. The molecular formula is C12H27NOS. The van der Waals surface area contributed by atoms with Crippen LogP contribution in [-0.2, 0) is 10.8 Å². The van der Waals surface area contributed by atoms with Crippen LogP contribution in [0.1, 0.15) is 53.4 Å². The SMILES string of the molecule is CCCNC(CC)CCCS(=O)C(C)C.